The van der Waals surface area contributed by atoms with E-state index in [-0.39, 0.29) is 29.3 Å². The summed E-state index contributed by atoms with van der Waals surface area (Å²) in [5.41, 5.74) is 1.30. The first-order chi connectivity index (χ1) is 17.0. The predicted octanol–water partition coefficient (Wildman–Crippen LogP) is 1.55. The molecule has 4 rings (SSSR count). The summed E-state index contributed by atoms with van der Waals surface area (Å²) >= 11 is 0. The molecule has 1 aromatic carbocycles. The quantitative estimate of drug-likeness (QED) is 0.430. The van der Waals surface area contributed by atoms with Crippen molar-refractivity contribution in [3.8, 4) is 0 Å². The van der Waals surface area contributed by atoms with Crippen LogP contribution < -0.4 is 31.1 Å². The number of benzene rings is 1. The van der Waals surface area contributed by atoms with Crippen molar-refractivity contribution in [1.29, 1.82) is 0 Å². The van der Waals surface area contributed by atoms with Crippen LogP contribution in [0.2, 0.25) is 0 Å². The van der Waals surface area contributed by atoms with Gasteiger partial charge in [-0.1, -0.05) is 0 Å². The summed E-state index contributed by atoms with van der Waals surface area (Å²) in [5.74, 6) is 1.15. The number of hydrogen-bond acceptors (Lipinski definition) is 9. The van der Waals surface area contributed by atoms with Crippen LogP contribution in [0.1, 0.15) is 20.3 Å². The van der Waals surface area contributed by atoms with E-state index in [4.69, 9.17) is 0 Å². The highest BCUT2D eigenvalue weighted by molar-refractivity contribution is 7.90. The maximum absolute atomic E-state index is 12.4. The highest BCUT2D eigenvalue weighted by Gasteiger charge is 2.30. The third kappa shape index (κ3) is 5.85. The maximum Gasteiger partial charge on any atom is 0.319 e. The molecule has 13 heteroatoms. The van der Waals surface area contributed by atoms with E-state index in [0.29, 0.717) is 35.3 Å². The van der Waals surface area contributed by atoms with Crippen molar-refractivity contribution in [1.82, 2.24) is 20.6 Å². The van der Waals surface area contributed by atoms with Gasteiger partial charge in [-0.2, -0.15) is 4.98 Å². The van der Waals surface area contributed by atoms with Gasteiger partial charge in [-0.3, -0.25) is 4.79 Å². The van der Waals surface area contributed by atoms with Gasteiger partial charge < -0.3 is 31.1 Å². The molecule has 1 atom stereocenters. The zero-order valence-electron chi connectivity index (χ0n) is 20.8. The largest absolute Gasteiger partial charge is 0.343 e. The van der Waals surface area contributed by atoms with Gasteiger partial charge >= 0.3 is 6.03 Å². The number of sulfone groups is 1. The van der Waals surface area contributed by atoms with Crippen molar-refractivity contribution in [3.05, 3.63) is 24.4 Å². The number of rotatable bonds is 7. The molecular formula is C23H32N8O4S. The minimum atomic E-state index is -3.56. The number of nitrogens with one attached hydrogen (secondary N) is 4. The molecule has 3 heterocycles. The topological polar surface area (TPSA) is 149 Å². The molecule has 36 heavy (non-hydrogen) atoms. The number of anilines is 5. The fourth-order valence-corrected chi connectivity index (χ4v) is 4.83. The highest BCUT2D eigenvalue weighted by Crippen LogP contribution is 2.33. The number of carbonyl (C=O) groups is 2. The van der Waals surface area contributed by atoms with Crippen LogP contribution in [-0.2, 0) is 14.6 Å². The molecule has 0 aliphatic carbocycles. The number of urea groups is 1. The zero-order valence-corrected chi connectivity index (χ0v) is 21.6. The first-order valence-electron chi connectivity index (χ1n) is 11.8. The molecule has 2 aliphatic heterocycles. The molecule has 1 aromatic heterocycles. The van der Waals surface area contributed by atoms with Gasteiger partial charge in [-0.15, -0.1) is 0 Å². The Morgan fingerprint density at radius 1 is 1.25 bits per heavy atom. The number of amides is 3. The number of hydrogen-bond donors (Lipinski definition) is 4. The fraction of sp³-hybridized carbons (Fsp3) is 0.478. The lowest BCUT2D eigenvalue weighted by Crippen LogP contribution is -2.47. The molecule has 0 radical (unpaired) electrons. The Balaban J connectivity index is 1.58. The first kappa shape index (κ1) is 25.6. The number of aromatic nitrogens is 2. The van der Waals surface area contributed by atoms with Crippen molar-refractivity contribution in [3.63, 3.8) is 0 Å². The van der Waals surface area contributed by atoms with Crippen molar-refractivity contribution in [2.75, 3.05) is 59.9 Å². The van der Waals surface area contributed by atoms with Crippen LogP contribution >= 0.6 is 0 Å². The van der Waals surface area contributed by atoms with Crippen molar-refractivity contribution < 1.29 is 18.0 Å². The molecule has 0 saturated carbocycles. The molecule has 1 saturated heterocycles. The average molecular weight is 517 g/mol. The van der Waals surface area contributed by atoms with Crippen molar-refractivity contribution in [2.45, 2.75) is 31.2 Å². The standard InChI is InChI=1S/C23H32N8O4S/c1-14(2)31-13-20(32)30(3)19-12-25-22(29-21(19)31)27-16-7-17(9-18(8-16)36(4,34)35)28-23(33)26-11-15-5-6-24-10-15/h7-9,12,14-15,24H,5-6,10-11,13H2,1-4H3,(H,25,27,29)(H2,26,28,33). The average Bonchev–Trinajstić information content (AvgIpc) is 3.33. The van der Waals surface area contributed by atoms with E-state index < -0.39 is 15.9 Å². The Bertz CT molecular complexity index is 1260. The van der Waals surface area contributed by atoms with E-state index in [1.807, 2.05) is 18.7 Å². The van der Waals surface area contributed by atoms with Crippen LogP contribution in [0.5, 0.6) is 0 Å². The second-order valence-electron chi connectivity index (χ2n) is 9.41. The Kier molecular flexibility index (Phi) is 7.31. The van der Waals surface area contributed by atoms with Crippen molar-refractivity contribution in [2.24, 2.45) is 5.92 Å². The smallest absolute Gasteiger partial charge is 0.319 e. The molecule has 2 aromatic rings. The summed E-state index contributed by atoms with van der Waals surface area (Å²) in [6.07, 6.45) is 3.66. The van der Waals surface area contributed by atoms with Crippen LogP contribution in [0, 0.1) is 5.92 Å². The lowest BCUT2D eigenvalue weighted by atomic mass is 10.1. The Labute approximate surface area is 210 Å². The van der Waals surface area contributed by atoms with E-state index in [0.717, 1.165) is 25.8 Å². The summed E-state index contributed by atoms with van der Waals surface area (Å²) in [4.78, 5) is 37.2. The van der Waals surface area contributed by atoms with E-state index in [9.17, 15) is 18.0 Å². The molecule has 194 valence electrons. The second-order valence-corrected chi connectivity index (χ2v) is 11.4. The molecule has 3 amide bonds. The molecule has 0 spiro atoms. The van der Waals surface area contributed by atoms with E-state index in [2.05, 4.69) is 31.2 Å². The highest BCUT2D eigenvalue weighted by atomic mass is 32.2. The molecule has 1 fully saturated rings. The van der Waals surface area contributed by atoms with E-state index in [1.54, 1.807) is 19.3 Å². The van der Waals surface area contributed by atoms with Gasteiger partial charge in [0.2, 0.25) is 11.9 Å². The van der Waals surface area contributed by atoms with Crippen LogP contribution in [0.3, 0.4) is 0 Å². The second kappa shape index (κ2) is 10.3. The van der Waals surface area contributed by atoms with E-state index in [1.165, 1.54) is 17.0 Å². The predicted molar refractivity (Wildman–Crippen MR) is 139 cm³/mol. The van der Waals surface area contributed by atoms with Crippen molar-refractivity contribution >= 4 is 50.6 Å². The summed E-state index contributed by atoms with van der Waals surface area (Å²) in [7, 11) is -1.88. The monoisotopic (exact) mass is 516 g/mol. The molecule has 2 aliphatic rings. The van der Waals surface area contributed by atoms with Crippen LogP contribution in [0.25, 0.3) is 0 Å². The van der Waals surface area contributed by atoms with Gasteiger partial charge in [0.25, 0.3) is 0 Å². The Morgan fingerprint density at radius 3 is 2.67 bits per heavy atom. The number of likely N-dealkylation sites (N-methyl/N-ethyl adjacent to an activating group) is 1. The molecule has 4 N–H and O–H groups in total. The first-order valence-corrected chi connectivity index (χ1v) is 13.7. The maximum atomic E-state index is 12.4. The van der Waals surface area contributed by atoms with Crippen LogP contribution in [-0.4, -0.2) is 75.8 Å². The molecule has 0 bridgehead atoms. The lowest BCUT2D eigenvalue weighted by molar-refractivity contribution is -0.117. The number of carbonyl (C=O) groups excluding carboxylic acids is 2. The SMILES string of the molecule is CC(C)N1CC(=O)N(C)c2cnc(Nc3cc(NC(=O)NCC4CCNC4)cc(S(C)(=O)=O)c3)nc21. The van der Waals surface area contributed by atoms with Gasteiger partial charge in [0.05, 0.1) is 17.6 Å². The number of fused-ring (bicyclic) bond motifs is 1. The minimum absolute atomic E-state index is 0.0343. The Hall–Kier alpha value is -3.45. The molecule has 12 nitrogen and oxygen atoms in total. The van der Waals surface area contributed by atoms with Gasteiger partial charge in [-0.25, -0.2) is 18.2 Å². The van der Waals surface area contributed by atoms with Crippen LogP contribution in [0.15, 0.2) is 29.3 Å². The summed E-state index contributed by atoms with van der Waals surface area (Å²) in [5, 5.41) is 11.9. The summed E-state index contributed by atoms with van der Waals surface area (Å²) in [6.45, 7) is 6.46. The van der Waals surface area contributed by atoms with Gasteiger partial charge in [0, 0.05) is 37.3 Å². The van der Waals surface area contributed by atoms with Crippen LogP contribution in [0.4, 0.5) is 33.6 Å². The number of nitrogens with zero attached hydrogens (tertiary/aromatic N) is 4. The normalized spacial score (nSPS) is 17.8. The zero-order chi connectivity index (χ0) is 26.0. The van der Waals surface area contributed by atoms with E-state index >= 15 is 0 Å². The van der Waals surface area contributed by atoms with Gasteiger partial charge in [0.15, 0.2) is 15.7 Å². The van der Waals surface area contributed by atoms with Gasteiger partial charge in [-0.05, 0) is 57.5 Å². The third-order valence-electron chi connectivity index (χ3n) is 6.25. The summed E-state index contributed by atoms with van der Waals surface area (Å²) < 4.78 is 24.6. The fourth-order valence-electron chi connectivity index (χ4n) is 4.15. The Morgan fingerprint density at radius 2 is 2.00 bits per heavy atom. The van der Waals surface area contributed by atoms with Gasteiger partial charge in [0.1, 0.15) is 5.69 Å². The minimum Gasteiger partial charge on any atom is -0.343 e. The third-order valence-corrected chi connectivity index (χ3v) is 7.34. The lowest BCUT2D eigenvalue weighted by Gasteiger charge is -2.36. The summed E-state index contributed by atoms with van der Waals surface area (Å²) in [6, 6.07) is 4.10. The molecule has 1 unspecified atom stereocenters. The molecular weight excluding hydrogens is 484 g/mol.